The van der Waals surface area contributed by atoms with Gasteiger partial charge in [-0.2, -0.15) is 0 Å². The van der Waals surface area contributed by atoms with Gasteiger partial charge in [0.1, 0.15) is 5.82 Å². The fraction of sp³-hybridized carbons (Fsp3) is 0.545. The van der Waals surface area contributed by atoms with Crippen LogP contribution in [0.15, 0.2) is 42.7 Å². The Morgan fingerprint density at radius 1 is 1.19 bits per heavy atom. The van der Waals surface area contributed by atoms with Crippen molar-refractivity contribution in [2.45, 2.75) is 57.2 Å². The fourth-order valence-electron chi connectivity index (χ4n) is 4.82. The summed E-state index contributed by atoms with van der Waals surface area (Å²) in [7, 11) is 2.01. The Morgan fingerprint density at radius 3 is 2.56 bits per heavy atom. The lowest BCUT2D eigenvalue weighted by molar-refractivity contribution is -0.131. The van der Waals surface area contributed by atoms with Crippen molar-refractivity contribution < 1.29 is 4.79 Å². The Morgan fingerprint density at radius 2 is 1.89 bits per heavy atom. The molecule has 0 radical (unpaired) electrons. The summed E-state index contributed by atoms with van der Waals surface area (Å²) in [6.07, 6.45) is 7.00. The van der Waals surface area contributed by atoms with Crippen molar-refractivity contribution in [2.75, 3.05) is 20.1 Å². The smallest absolute Gasteiger partial charge is 0.230 e. The lowest BCUT2D eigenvalue weighted by Crippen LogP contribution is -2.51. The summed E-state index contributed by atoms with van der Waals surface area (Å²) in [5.41, 5.74) is 1.18. The Bertz CT molecular complexity index is 790. The predicted octanol–water partition coefficient (Wildman–Crippen LogP) is 3.44. The number of likely N-dealkylation sites (N-methyl/N-ethyl adjacent to an activating group) is 1. The zero-order valence-electron chi connectivity index (χ0n) is 16.6. The highest BCUT2D eigenvalue weighted by Crippen LogP contribution is 2.44. The number of rotatable bonds is 4. The molecule has 0 bridgehead atoms. The largest absolute Gasteiger partial charge is 0.339 e. The number of hydrogen-bond donors (Lipinski definition) is 0. The highest BCUT2D eigenvalue weighted by molar-refractivity contribution is 5.87. The van der Waals surface area contributed by atoms with E-state index in [1.807, 2.05) is 31.4 Å². The summed E-state index contributed by atoms with van der Waals surface area (Å²) in [5.74, 6) is 1.44. The average molecular weight is 367 g/mol. The molecule has 0 N–H and O–H groups in total. The van der Waals surface area contributed by atoms with Gasteiger partial charge in [0.2, 0.25) is 5.91 Å². The molecule has 0 aliphatic carbocycles. The van der Waals surface area contributed by atoms with Crippen molar-refractivity contribution in [3.8, 4) is 0 Å². The monoisotopic (exact) mass is 366 g/mol. The van der Waals surface area contributed by atoms with Gasteiger partial charge in [-0.05, 0) is 38.7 Å². The fourth-order valence-corrected chi connectivity index (χ4v) is 4.82. The standard InChI is InChI=1S/C22H30N4O/c1-17(2)26-14-11-23-20(26)16-25-12-9-22(10-13-25)15-19(21(27)24(22)3)18-7-5-4-6-8-18/h4-8,11,14,17,19H,9-10,12-13,15-16H2,1-3H3/t19-/m1/s1. The lowest BCUT2D eigenvalue weighted by Gasteiger charge is -2.43. The number of amides is 1. The molecule has 2 aromatic rings. The Labute approximate surface area is 162 Å². The molecule has 3 heterocycles. The first-order valence-corrected chi connectivity index (χ1v) is 10.1. The van der Waals surface area contributed by atoms with Crippen LogP contribution in [0.5, 0.6) is 0 Å². The summed E-state index contributed by atoms with van der Waals surface area (Å²) in [6, 6.07) is 10.7. The van der Waals surface area contributed by atoms with Crippen LogP contribution in [-0.4, -0.2) is 50.9 Å². The second-order valence-corrected chi connectivity index (χ2v) is 8.41. The van der Waals surface area contributed by atoms with Crippen molar-refractivity contribution in [1.29, 1.82) is 0 Å². The highest BCUT2D eigenvalue weighted by Gasteiger charge is 2.50. The molecule has 5 heteroatoms. The van der Waals surface area contributed by atoms with E-state index in [1.54, 1.807) is 0 Å². The van der Waals surface area contributed by atoms with Gasteiger partial charge >= 0.3 is 0 Å². The van der Waals surface area contributed by atoms with E-state index >= 15 is 0 Å². The number of hydrogen-bond acceptors (Lipinski definition) is 3. The first-order valence-electron chi connectivity index (χ1n) is 10.1. The number of carbonyl (C=O) groups is 1. The molecule has 0 saturated carbocycles. The minimum absolute atomic E-state index is 0.0154. The van der Waals surface area contributed by atoms with Crippen molar-refractivity contribution in [2.24, 2.45) is 0 Å². The second kappa shape index (κ2) is 7.12. The second-order valence-electron chi connectivity index (χ2n) is 8.41. The molecule has 2 aliphatic heterocycles. The maximum Gasteiger partial charge on any atom is 0.230 e. The number of aromatic nitrogens is 2. The van der Waals surface area contributed by atoms with Gasteiger partial charge < -0.3 is 9.47 Å². The number of benzene rings is 1. The molecule has 4 rings (SSSR count). The molecule has 1 atom stereocenters. The first kappa shape index (κ1) is 18.2. The van der Waals surface area contributed by atoms with E-state index in [-0.39, 0.29) is 17.4 Å². The van der Waals surface area contributed by atoms with E-state index < -0.39 is 0 Å². The quantitative estimate of drug-likeness (QED) is 0.832. The number of likely N-dealkylation sites (tertiary alicyclic amines) is 2. The van der Waals surface area contributed by atoms with Gasteiger partial charge in [0, 0.05) is 44.1 Å². The molecule has 27 heavy (non-hydrogen) atoms. The van der Waals surface area contributed by atoms with Crippen LogP contribution in [0.4, 0.5) is 0 Å². The minimum atomic E-state index is 0.0154. The van der Waals surface area contributed by atoms with Crippen LogP contribution < -0.4 is 0 Å². The van der Waals surface area contributed by atoms with Gasteiger partial charge in [-0.3, -0.25) is 9.69 Å². The summed E-state index contributed by atoms with van der Waals surface area (Å²) in [6.45, 7) is 7.31. The van der Waals surface area contributed by atoms with Crippen LogP contribution in [-0.2, 0) is 11.3 Å². The number of imidazole rings is 1. The SMILES string of the molecule is CC(C)n1ccnc1CN1CCC2(CC1)C[C@H](c1ccccc1)C(=O)N2C. The van der Waals surface area contributed by atoms with E-state index in [9.17, 15) is 4.79 Å². The molecular formula is C22H30N4O. The van der Waals surface area contributed by atoms with Crippen LogP contribution in [0, 0.1) is 0 Å². The molecule has 2 aliphatic rings. The number of piperidine rings is 1. The third-order valence-electron chi connectivity index (χ3n) is 6.58. The van der Waals surface area contributed by atoms with E-state index in [0.29, 0.717) is 6.04 Å². The van der Waals surface area contributed by atoms with Gasteiger partial charge in [-0.1, -0.05) is 30.3 Å². The number of carbonyl (C=O) groups excluding carboxylic acids is 1. The normalized spacial score (nSPS) is 22.9. The van der Waals surface area contributed by atoms with Crippen LogP contribution in [0.25, 0.3) is 0 Å². The molecule has 2 fully saturated rings. The molecular weight excluding hydrogens is 336 g/mol. The predicted molar refractivity (Wildman–Crippen MR) is 106 cm³/mol. The molecule has 1 aromatic carbocycles. The zero-order valence-corrected chi connectivity index (χ0v) is 16.6. The highest BCUT2D eigenvalue weighted by atomic mass is 16.2. The van der Waals surface area contributed by atoms with E-state index in [4.69, 9.17) is 0 Å². The van der Waals surface area contributed by atoms with Gasteiger partial charge in [0.15, 0.2) is 0 Å². The van der Waals surface area contributed by atoms with Gasteiger partial charge in [-0.25, -0.2) is 4.98 Å². The van der Waals surface area contributed by atoms with Crippen molar-refractivity contribution >= 4 is 5.91 Å². The molecule has 2 saturated heterocycles. The Hall–Kier alpha value is -2.14. The molecule has 1 aromatic heterocycles. The van der Waals surface area contributed by atoms with Gasteiger partial charge in [-0.15, -0.1) is 0 Å². The first-order chi connectivity index (χ1) is 13.0. The number of nitrogens with zero attached hydrogens (tertiary/aromatic N) is 4. The summed E-state index contributed by atoms with van der Waals surface area (Å²) in [4.78, 5) is 22.0. The van der Waals surface area contributed by atoms with E-state index in [1.165, 1.54) is 0 Å². The molecule has 5 nitrogen and oxygen atoms in total. The van der Waals surface area contributed by atoms with Crippen molar-refractivity contribution in [1.82, 2.24) is 19.4 Å². The van der Waals surface area contributed by atoms with E-state index in [2.05, 4.69) is 51.5 Å². The van der Waals surface area contributed by atoms with Gasteiger partial charge in [0.25, 0.3) is 0 Å². The third kappa shape index (κ3) is 3.29. The summed E-state index contributed by atoms with van der Waals surface area (Å²) in [5, 5.41) is 0. The van der Waals surface area contributed by atoms with Crippen LogP contribution in [0.3, 0.4) is 0 Å². The Kier molecular flexibility index (Phi) is 4.81. The van der Waals surface area contributed by atoms with Crippen molar-refractivity contribution in [3.63, 3.8) is 0 Å². The maximum absolute atomic E-state index is 12.9. The summed E-state index contributed by atoms with van der Waals surface area (Å²) >= 11 is 0. The molecule has 0 unspecified atom stereocenters. The molecule has 1 spiro atoms. The van der Waals surface area contributed by atoms with Crippen LogP contribution >= 0.6 is 0 Å². The topological polar surface area (TPSA) is 41.4 Å². The van der Waals surface area contributed by atoms with Gasteiger partial charge in [0.05, 0.1) is 12.5 Å². The molecule has 144 valence electrons. The zero-order chi connectivity index (χ0) is 19.0. The average Bonchev–Trinajstić information content (AvgIpc) is 3.24. The third-order valence-corrected chi connectivity index (χ3v) is 6.58. The maximum atomic E-state index is 12.9. The van der Waals surface area contributed by atoms with Crippen molar-refractivity contribution in [3.05, 3.63) is 54.1 Å². The minimum Gasteiger partial charge on any atom is -0.339 e. The molecule has 1 amide bonds. The van der Waals surface area contributed by atoms with Crippen LogP contribution in [0.2, 0.25) is 0 Å². The lowest BCUT2D eigenvalue weighted by atomic mass is 9.81. The summed E-state index contributed by atoms with van der Waals surface area (Å²) < 4.78 is 2.25. The van der Waals surface area contributed by atoms with Crippen LogP contribution in [0.1, 0.15) is 56.5 Å². The van der Waals surface area contributed by atoms with E-state index in [0.717, 1.165) is 50.3 Å². The Balaban J connectivity index is 1.43.